The van der Waals surface area contributed by atoms with Crippen LogP contribution in [0.2, 0.25) is 0 Å². The van der Waals surface area contributed by atoms with Crippen LogP contribution in [0.15, 0.2) is 72.8 Å². The molecule has 4 rings (SSSR count). The number of hydrogen-bond acceptors (Lipinski definition) is 2. The lowest BCUT2D eigenvalue weighted by molar-refractivity contribution is 0.0733. The van der Waals surface area contributed by atoms with Crippen LogP contribution >= 0.6 is 0 Å². The number of carbonyl (C=O) groups is 1. The summed E-state index contributed by atoms with van der Waals surface area (Å²) in [6, 6.07) is 21.9. The number of rotatable bonds is 4. The predicted octanol–water partition coefficient (Wildman–Crippen LogP) is 4.79. The zero-order valence-electron chi connectivity index (χ0n) is 15.0. The normalized spacial score (nSPS) is 16.5. The van der Waals surface area contributed by atoms with E-state index >= 15 is 0 Å². The average Bonchev–Trinajstić information content (AvgIpc) is 3.20. The molecule has 1 saturated heterocycles. The number of aromatic nitrogens is 1. The topological polar surface area (TPSA) is 33.2 Å². The van der Waals surface area contributed by atoms with E-state index in [-0.39, 0.29) is 17.8 Å². The molecule has 1 atom stereocenters. The molecule has 1 fully saturated rings. The molecule has 3 nitrogen and oxygen atoms in total. The zero-order chi connectivity index (χ0) is 18.6. The predicted molar refractivity (Wildman–Crippen MR) is 103 cm³/mol. The van der Waals surface area contributed by atoms with Crippen LogP contribution in [-0.2, 0) is 6.42 Å². The first-order valence-electron chi connectivity index (χ1n) is 9.27. The molecular weight excluding hydrogens is 339 g/mol. The Morgan fingerprint density at radius 3 is 2.59 bits per heavy atom. The second-order valence-corrected chi connectivity index (χ2v) is 6.84. The summed E-state index contributed by atoms with van der Waals surface area (Å²) in [4.78, 5) is 19.6. The summed E-state index contributed by atoms with van der Waals surface area (Å²) >= 11 is 0. The van der Waals surface area contributed by atoms with E-state index in [9.17, 15) is 9.18 Å². The molecule has 3 aromatic rings. The van der Waals surface area contributed by atoms with E-state index in [1.807, 2.05) is 59.5 Å². The van der Waals surface area contributed by atoms with Gasteiger partial charge >= 0.3 is 0 Å². The highest BCUT2D eigenvalue weighted by molar-refractivity contribution is 5.94. The second-order valence-electron chi connectivity index (χ2n) is 6.84. The number of pyridine rings is 1. The van der Waals surface area contributed by atoms with Crippen LogP contribution < -0.4 is 0 Å². The van der Waals surface area contributed by atoms with Crippen molar-refractivity contribution in [3.05, 3.63) is 101 Å². The highest BCUT2D eigenvalue weighted by Gasteiger charge is 2.31. The highest BCUT2D eigenvalue weighted by atomic mass is 19.1. The maximum Gasteiger partial charge on any atom is 0.254 e. The van der Waals surface area contributed by atoms with Gasteiger partial charge in [0.05, 0.1) is 11.7 Å². The molecule has 0 saturated carbocycles. The fourth-order valence-electron chi connectivity index (χ4n) is 3.68. The van der Waals surface area contributed by atoms with Gasteiger partial charge in [-0.05, 0) is 48.7 Å². The van der Waals surface area contributed by atoms with Crippen molar-refractivity contribution < 1.29 is 9.18 Å². The van der Waals surface area contributed by atoms with E-state index in [1.54, 1.807) is 12.1 Å². The third-order valence-corrected chi connectivity index (χ3v) is 5.03. The lowest BCUT2D eigenvalue weighted by Crippen LogP contribution is -2.31. The van der Waals surface area contributed by atoms with Gasteiger partial charge < -0.3 is 4.90 Å². The molecule has 0 spiro atoms. The van der Waals surface area contributed by atoms with Crippen LogP contribution in [0.3, 0.4) is 0 Å². The summed E-state index contributed by atoms with van der Waals surface area (Å²) in [5.41, 5.74) is 3.03. The van der Waals surface area contributed by atoms with Crippen molar-refractivity contribution in [2.75, 3.05) is 6.54 Å². The van der Waals surface area contributed by atoms with Crippen molar-refractivity contribution in [1.82, 2.24) is 9.88 Å². The molecule has 1 aliphatic rings. The molecule has 0 N–H and O–H groups in total. The first-order valence-corrected chi connectivity index (χ1v) is 9.27. The third kappa shape index (κ3) is 3.75. The summed E-state index contributed by atoms with van der Waals surface area (Å²) in [6.07, 6.45) is 2.30. The van der Waals surface area contributed by atoms with E-state index in [0.717, 1.165) is 30.8 Å². The molecule has 1 aromatic heterocycles. The highest BCUT2D eigenvalue weighted by Crippen LogP contribution is 2.32. The summed E-state index contributed by atoms with van der Waals surface area (Å²) in [6.45, 7) is 0.734. The number of halogens is 1. The number of nitrogens with zero attached hydrogens (tertiary/aromatic N) is 2. The second kappa shape index (κ2) is 7.70. The van der Waals surface area contributed by atoms with Gasteiger partial charge in [-0.3, -0.25) is 9.78 Å². The Labute approximate surface area is 158 Å². The Hall–Kier alpha value is -3.01. The van der Waals surface area contributed by atoms with Crippen molar-refractivity contribution in [1.29, 1.82) is 0 Å². The van der Waals surface area contributed by atoms with Crippen LogP contribution in [-0.4, -0.2) is 22.3 Å². The molecule has 0 bridgehead atoms. The Bertz CT molecular complexity index is 942. The molecule has 1 unspecified atom stereocenters. The van der Waals surface area contributed by atoms with Gasteiger partial charge in [-0.25, -0.2) is 4.39 Å². The van der Waals surface area contributed by atoms with Crippen LogP contribution in [0, 0.1) is 5.82 Å². The fourth-order valence-corrected chi connectivity index (χ4v) is 3.68. The van der Waals surface area contributed by atoms with Crippen LogP contribution in [0.25, 0.3) is 0 Å². The van der Waals surface area contributed by atoms with Crippen molar-refractivity contribution in [2.45, 2.75) is 25.3 Å². The molecule has 1 aliphatic heterocycles. The minimum absolute atomic E-state index is 0.0294. The Morgan fingerprint density at radius 1 is 1.00 bits per heavy atom. The van der Waals surface area contributed by atoms with E-state index in [4.69, 9.17) is 4.98 Å². The van der Waals surface area contributed by atoms with Crippen molar-refractivity contribution >= 4 is 5.91 Å². The summed E-state index contributed by atoms with van der Waals surface area (Å²) in [5.74, 6) is -0.175. The van der Waals surface area contributed by atoms with Gasteiger partial charge in [-0.1, -0.05) is 42.5 Å². The lowest BCUT2D eigenvalue weighted by Gasteiger charge is -2.25. The van der Waals surface area contributed by atoms with E-state index < -0.39 is 0 Å². The molecule has 1 amide bonds. The van der Waals surface area contributed by atoms with E-state index in [1.165, 1.54) is 6.07 Å². The molecule has 2 heterocycles. The molecule has 27 heavy (non-hydrogen) atoms. The minimum atomic E-state index is -0.216. The summed E-state index contributed by atoms with van der Waals surface area (Å²) < 4.78 is 14.0. The quantitative estimate of drug-likeness (QED) is 0.670. The molecule has 136 valence electrons. The van der Waals surface area contributed by atoms with Crippen molar-refractivity contribution in [2.24, 2.45) is 0 Å². The van der Waals surface area contributed by atoms with E-state index in [0.29, 0.717) is 17.5 Å². The van der Waals surface area contributed by atoms with Gasteiger partial charge in [-0.2, -0.15) is 0 Å². The van der Waals surface area contributed by atoms with Gasteiger partial charge in [0.1, 0.15) is 5.82 Å². The number of hydrogen-bond donors (Lipinski definition) is 0. The van der Waals surface area contributed by atoms with Gasteiger partial charge in [0, 0.05) is 24.2 Å². The Balaban J connectivity index is 1.57. The Morgan fingerprint density at radius 2 is 1.78 bits per heavy atom. The maximum atomic E-state index is 14.0. The largest absolute Gasteiger partial charge is 0.330 e. The smallest absolute Gasteiger partial charge is 0.254 e. The van der Waals surface area contributed by atoms with Gasteiger partial charge in [0.2, 0.25) is 0 Å². The van der Waals surface area contributed by atoms with E-state index in [2.05, 4.69) is 0 Å². The fraction of sp³-hybridized carbons (Fsp3) is 0.217. The standard InChI is InChI=1S/C23H21FN2O/c24-20-12-5-4-10-18(20)16-19-11-6-13-21(25-19)22-14-7-15-26(22)23(27)17-8-2-1-3-9-17/h1-6,8-13,22H,7,14-16H2. The van der Waals surface area contributed by atoms with Crippen LogP contribution in [0.1, 0.15) is 46.2 Å². The van der Waals surface area contributed by atoms with Crippen LogP contribution in [0.5, 0.6) is 0 Å². The van der Waals surface area contributed by atoms with Crippen molar-refractivity contribution in [3.63, 3.8) is 0 Å². The zero-order valence-corrected chi connectivity index (χ0v) is 15.0. The first-order chi connectivity index (χ1) is 13.2. The average molecular weight is 360 g/mol. The number of benzene rings is 2. The maximum absolute atomic E-state index is 14.0. The van der Waals surface area contributed by atoms with Gasteiger partial charge in [0.25, 0.3) is 5.91 Å². The lowest BCUT2D eigenvalue weighted by atomic mass is 10.1. The monoisotopic (exact) mass is 360 g/mol. The summed E-state index contributed by atoms with van der Waals surface area (Å²) in [5, 5.41) is 0. The number of amides is 1. The number of carbonyl (C=O) groups excluding carboxylic acids is 1. The van der Waals surface area contributed by atoms with Crippen LogP contribution in [0.4, 0.5) is 4.39 Å². The molecule has 0 radical (unpaired) electrons. The molecule has 4 heteroatoms. The van der Waals surface area contributed by atoms with Gasteiger partial charge in [-0.15, -0.1) is 0 Å². The molecule has 0 aliphatic carbocycles. The number of likely N-dealkylation sites (tertiary alicyclic amines) is 1. The summed E-state index contributed by atoms with van der Waals surface area (Å²) in [7, 11) is 0. The Kier molecular flexibility index (Phi) is 4.97. The third-order valence-electron chi connectivity index (χ3n) is 5.03. The van der Waals surface area contributed by atoms with Gasteiger partial charge in [0.15, 0.2) is 0 Å². The van der Waals surface area contributed by atoms with Crippen molar-refractivity contribution in [3.8, 4) is 0 Å². The first kappa shape index (κ1) is 17.4. The molecular formula is C23H21FN2O. The minimum Gasteiger partial charge on any atom is -0.330 e. The SMILES string of the molecule is O=C(c1ccccc1)N1CCCC1c1cccc(Cc2ccccc2F)n1. The molecule has 2 aromatic carbocycles.